The molecular formula is C22H28NO7P. The Morgan fingerprint density at radius 2 is 1.65 bits per heavy atom. The van der Waals surface area contributed by atoms with Crippen molar-refractivity contribution < 1.29 is 32.7 Å². The maximum absolute atomic E-state index is 13.3. The maximum atomic E-state index is 13.3. The lowest BCUT2D eigenvalue weighted by Crippen LogP contribution is -2.27. The van der Waals surface area contributed by atoms with Gasteiger partial charge in [-0.2, -0.15) is 0 Å². The van der Waals surface area contributed by atoms with Crippen LogP contribution in [0.2, 0.25) is 0 Å². The van der Waals surface area contributed by atoms with E-state index < -0.39 is 25.8 Å². The third-order valence-electron chi connectivity index (χ3n) is 4.02. The number of hydrogen-bond acceptors (Lipinski definition) is 7. The van der Waals surface area contributed by atoms with Crippen molar-refractivity contribution in [3.63, 3.8) is 0 Å². The van der Waals surface area contributed by atoms with Gasteiger partial charge < -0.3 is 19.3 Å². The van der Waals surface area contributed by atoms with E-state index in [0.717, 1.165) is 5.56 Å². The highest BCUT2D eigenvalue weighted by Crippen LogP contribution is 2.50. The summed E-state index contributed by atoms with van der Waals surface area (Å²) in [6.07, 6.45) is -1.35. The minimum atomic E-state index is -3.69. The van der Waals surface area contributed by atoms with E-state index in [-0.39, 0.29) is 25.9 Å². The van der Waals surface area contributed by atoms with Crippen LogP contribution in [0.25, 0.3) is 0 Å². The molecule has 1 amide bonds. The highest BCUT2D eigenvalue weighted by Gasteiger charge is 2.32. The van der Waals surface area contributed by atoms with Gasteiger partial charge in [-0.1, -0.05) is 48.5 Å². The van der Waals surface area contributed by atoms with Gasteiger partial charge in [-0.05, 0) is 38.0 Å². The highest BCUT2D eigenvalue weighted by molar-refractivity contribution is 7.54. The summed E-state index contributed by atoms with van der Waals surface area (Å²) in [5, 5.41) is 2.60. The topological polar surface area (TPSA) is 100 Å². The summed E-state index contributed by atoms with van der Waals surface area (Å²) in [5.74, 6) is -0.265. The highest BCUT2D eigenvalue weighted by atomic mass is 31.2. The van der Waals surface area contributed by atoms with Crippen molar-refractivity contribution >= 4 is 19.7 Å². The second-order valence-corrected chi connectivity index (χ2v) is 8.64. The van der Waals surface area contributed by atoms with Gasteiger partial charge in [0.15, 0.2) is 6.10 Å². The van der Waals surface area contributed by atoms with Crippen molar-refractivity contribution in [2.45, 2.75) is 33.0 Å². The Labute approximate surface area is 182 Å². The minimum Gasteiger partial charge on any atom is -0.464 e. The van der Waals surface area contributed by atoms with Crippen molar-refractivity contribution in [3.8, 4) is 5.75 Å². The number of alkyl carbamates (subject to hydrolysis) is 1. The number of para-hydroxylation sites is 1. The summed E-state index contributed by atoms with van der Waals surface area (Å²) in [7, 11) is -3.69. The van der Waals surface area contributed by atoms with Crippen LogP contribution in [0, 0.1) is 0 Å². The number of esters is 1. The van der Waals surface area contributed by atoms with E-state index in [4.69, 9.17) is 18.5 Å². The van der Waals surface area contributed by atoms with E-state index >= 15 is 0 Å². The van der Waals surface area contributed by atoms with Gasteiger partial charge in [0.25, 0.3) is 0 Å². The van der Waals surface area contributed by atoms with Gasteiger partial charge in [-0.3, -0.25) is 4.52 Å². The predicted molar refractivity (Wildman–Crippen MR) is 116 cm³/mol. The number of carbonyl (C=O) groups is 2. The van der Waals surface area contributed by atoms with Crippen LogP contribution in [-0.2, 0) is 30.0 Å². The minimum absolute atomic E-state index is 0.00932. The summed E-state index contributed by atoms with van der Waals surface area (Å²) < 4.78 is 34.4. The first-order valence-corrected chi connectivity index (χ1v) is 11.8. The summed E-state index contributed by atoms with van der Waals surface area (Å²) in [4.78, 5) is 23.7. The first-order valence-electron chi connectivity index (χ1n) is 10.0. The van der Waals surface area contributed by atoms with E-state index in [0.29, 0.717) is 12.2 Å². The quantitative estimate of drug-likeness (QED) is 0.288. The average Bonchev–Trinajstić information content (AvgIpc) is 2.77. The maximum Gasteiger partial charge on any atom is 0.407 e. The Kier molecular flexibility index (Phi) is 10.1. The molecule has 0 aliphatic rings. The van der Waals surface area contributed by atoms with Crippen LogP contribution in [0.1, 0.15) is 25.8 Å². The van der Waals surface area contributed by atoms with Crippen LogP contribution in [0.5, 0.6) is 5.75 Å². The molecule has 0 saturated heterocycles. The lowest BCUT2D eigenvalue weighted by Gasteiger charge is -2.22. The zero-order chi connectivity index (χ0) is 22.5. The molecule has 1 unspecified atom stereocenters. The molecule has 9 heteroatoms. The Hall–Kier alpha value is -2.83. The Morgan fingerprint density at radius 3 is 2.29 bits per heavy atom. The van der Waals surface area contributed by atoms with E-state index in [1.54, 1.807) is 37.3 Å². The molecule has 0 fully saturated rings. The first kappa shape index (κ1) is 24.4. The molecule has 168 valence electrons. The number of benzene rings is 2. The molecule has 0 heterocycles. The van der Waals surface area contributed by atoms with Crippen LogP contribution in [0.15, 0.2) is 60.7 Å². The van der Waals surface area contributed by atoms with Gasteiger partial charge in [0.2, 0.25) is 0 Å². The van der Waals surface area contributed by atoms with E-state index in [2.05, 4.69) is 5.32 Å². The second-order valence-electron chi connectivity index (χ2n) is 6.58. The fourth-order valence-corrected chi connectivity index (χ4v) is 4.34. The van der Waals surface area contributed by atoms with Crippen LogP contribution >= 0.6 is 7.60 Å². The van der Waals surface area contributed by atoms with Crippen LogP contribution in [0.3, 0.4) is 0 Å². The molecule has 2 atom stereocenters. The third-order valence-corrected chi connectivity index (χ3v) is 6.01. The Morgan fingerprint density at radius 1 is 1.00 bits per heavy atom. The predicted octanol–water partition coefficient (Wildman–Crippen LogP) is 4.54. The van der Waals surface area contributed by atoms with E-state index in [9.17, 15) is 14.2 Å². The lowest BCUT2D eigenvalue weighted by atomic mass is 10.2. The molecule has 0 saturated carbocycles. The van der Waals surface area contributed by atoms with Crippen LogP contribution in [0.4, 0.5) is 4.79 Å². The first-order chi connectivity index (χ1) is 14.9. The molecule has 0 aromatic heterocycles. The van der Waals surface area contributed by atoms with Gasteiger partial charge in [-0.25, -0.2) is 14.2 Å². The number of ether oxygens (including phenoxy) is 2. The molecule has 0 aliphatic heterocycles. The molecule has 8 nitrogen and oxygen atoms in total. The second kappa shape index (κ2) is 12.8. The number of amides is 1. The molecular weight excluding hydrogens is 421 g/mol. The monoisotopic (exact) mass is 449 g/mol. The third kappa shape index (κ3) is 9.24. The molecule has 0 radical (unpaired) electrons. The van der Waals surface area contributed by atoms with Crippen molar-refractivity contribution in [2.75, 3.05) is 19.3 Å². The smallest absolute Gasteiger partial charge is 0.407 e. The molecule has 0 aliphatic carbocycles. The van der Waals surface area contributed by atoms with Gasteiger partial charge >= 0.3 is 19.7 Å². The van der Waals surface area contributed by atoms with Gasteiger partial charge in [0, 0.05) is 6.54 Å². The molecule has 2 aromatic rings. The SMILES string of the molecule is CCOC(=O)[C@H](C)OP(=O)(CCCNC(=O)OCc1ccccc1)Oc1ccccc1. The number of carbonyl (C=O) groups excluding carboxylic acids is 2. The zero-order valence-corrected chi connectivity index (χ0v) is 18.6. The standard InChI is InChI=1S/C22H28NO7P/c1-3-27-21(24)18(2)29-31(26,30-20-13-8-5-9-14-20)16-10-15-23-22(25)28-17-19-11-6-4-7-12-19/h4-9,11-14,18H,3,10,15-17H2,1-2H3,(H,23,25)/t18-,31?/m0/s1. The molecule has 31 heavy (non-hydrogen) atoms. The van der Waals surface area contributed by atoms with Crippen molar-refractivity contribution in [3.05, 3.63) is 66.2 Å². The summed E-state index contributed by atoms with van der Waals surface area (Å²) in [6, 6.07) is 17.9. The van der Waals surface area contributed by atoms with Gasteiger partial charge in [-0.15, -0.1) is 0 Å². The summed E-state index contributed by atoms with van der Waals surface area (Å²) in [6.45, 7) is 3.67. The average molecular weight is 449 g/mol. The largest absolute Gasteiger partial charge is 0.464 e. The lowest BCUT2D eigenvalue weighted by molar-refractivity contribution is -0.150. The molecule has 1 N–H and O–H groups in total. The fourth-order valence-electron chi connectivity index (χ4n) is 2.54. The van der Waals surface area contributed by atoms with Gasteiger partial charge in [0.05, 0.1) is 12.8 Å². The molecule has 0 spiro atoms. The summed E-state index contributed by atoms with van der Waals surface area (Å²) >= 11 is 0. The molecule has 2 aromatic carbocycles. The van der Waals surface area contributed by atoms with Crippen LogP contribution < -0.4 is 9.84 Å². The Balaban J connectivity index is 1.86. The van der Waals surface area contributed by atoms with Crippen molar-refractivity contribution in [1.82, 2.24) is 5.32 Å². The van der Waals surface area contributed by atoms with E-state index in [1.165, 1.54) is 6.92 Å². The van der Waals surface area contributed by atoms with Crippen molar-refractivity contribution in [1.29, 1.82) is 0 Å². The summed E-state index contributed by atoms with van der Waals surface area (Å²) in [5.41, 5.74) is 0.875. The number of hydrogen-bond donors (Lipinski definition) is 1. The fraction of sp³-hybridized carbons (Fsp3) is 0.364. The van der Waals surface area contributed by atoms with Crippen LogP contribution in [-0.4, -0.2) is 37.5 Å². The molecule has 0 bridgehead atoms. The van der Waals surface area contributed by atoms with E-state index in [1.807, 2.05) is 30.3 Å². The number of nitrogens with one attached hydrogen (secondary N) is 1. The number of rotatable bonds is 12. The zero-order valence-electron chi connectivity index (χ0n) is 17.7. The van der Waals surface area contributed by atoms with Crippen molar-refractivity contribution in [2.24, 2.45) is 0 Å². The molecule has 2 rings (SSSR count). The van der Waals surface area contributed by atoms with Gasteiger partial charge in [0.1, 0.15) is 12.4 Å². The Bertz CT molecular complexity index is 861. The normalized spacial score (nSPS) is 13.5.